The first-order chi connectivity index (χ1) is 13.5. The quantitative estimate of drug-likeness (QED) is 0.403. The molecule has 0 radical (unpaired) electrons. The average molecular weight is 388 g/mol. The van der Waals surface area contributed by atoms with Crippen molar-refractivity contribution in [3.8, 4) is 11.5 Å². The Labute approximate surface area is 163 Å². The molecule has 3 rings (SSSR count). The van der Waals surface area contributed by atoms with E-state index in [4.69, 9.17) is 23.7 Å². The van der Waals surface area contributed by atoms with Gasteiger partial charge in [0.1, 0.15) is 0 Å². The first kappa shape index (κ1) is 19.8. The lowest BCUT2D eigenvalue weighted by molar-refractivity contribution is -0.152. The Morgan fingerprint density at radius 3 is 2.57 bits per heavy atom. The van der Waals surface area contributed by atoms with Crippen LogP contribution < -0.4 is 9.47 Å². The van der Waals surface area contributed by atoms with Crippen LogP contribution in [0.1, 0.15) is 37.3 Å². The summed E-state index contributed by atoms with van der Waals surface area (Å²) in [6, 6.07) is 3.82. The van der Waals surface area contributed by atoms with Gasteiger partial charge >= 0.3 is 11.9 Å². The fourth-order valence-electron chi connectivity index (χ4n) is 3.46. The third kappa shape index (κ3) is 3.83. The van der Waals surface area contributed by atoms with Crippen LogP contribution in [-0.2, 0) is 30.2 Å². The zero-order chi connectivity index (χ0) is 20.3. The SMILES string of the molecule is CCOC(=O)/C(=C/OC1C=C(C)C(=O)O1)C1CCc2cc(OC)c(OC)cc21. The number of cyclic esters (lactones) is 1. The molecule has 0 amide bonds. The molecular formula is C21H24O7. The van der Waals surface area contributed by atoms with Crippen molar-refractivity contribution in [2.24, 2.45) is 0 Å². The Bertz CT molecular complexity index is 837. The summed E-state index contributed by atoms with van der Waals surface area (Å²) >= 11 is 0. The molecule has 0 aromatic heterocycles. The number of hydrogen-bond donors (Lipinski definition) is 0. The molecule has 0 bridgehead atoms. The van der Waals surface area contributed by atoms with Crippen molar-refractivity contribution in [2.75, 3.05) is 20.8 Å². The van der Waals surface area contributed by atoms with Gasteiger partial charge in [-0.05, 0) is 49.9 Å². The Balaban J connectivity index is 1.91. The first-order valence-electron chi connectivity index (χ1n) is 9.15. The number of rotatable bonds is 7. The van der Waals surface area contributed by atoms with Gasteiger partial charge in [0, 0.05) is 17.6 Å². The second-order valence-electron chi connectivity index (χ2n) is 6.55. The van der Waals surface area contributed by atoms with Crippen molar-refractivity contribution < 1.29 is 33.3 Å². The van der Waals surface area contributed by atoms with Crippen LogP contribution in [0.3, 0.4) is 0 Å². The maximum atomic E-state index is 12.6. The van der Waals surface area contributed by atoms with E-state index in [2.05, 4.69) is 0 Å². The van der Waals surface area contributed by atoms with Crippen LogP contribution in [0.2, 0.25) is 0 Å². The maximum Gasteiger partial charge on any atom is 0.337 e. The van der Waals surface area contributed by atoms with E-state index >= 15 is 0 Å². The van der Waals surface area contributed by atoms with Gasteiger partial charge in [0.2, 0.25) is 0 Å². The standard InChI is InChI=1S/C21H24O7/c1-5-26-21(23)16(11-27-19-8-12(2)20(22)28-19)14-7-6-13-9-17(24-3)18(25-4)10-15(13)14/h8-11,14,19H,5-7H2,1-4H3/b16-11+. The lowest BCUT2D eigenvalue weighted by Crippen LogP contribution is -2.16. The van der Waals surface area contributed by atoms with Crippen molar-refractivity contribution in [1.29, 1.82) is 0 Å². The third-order valence-corrected chi connectivity index (χ3v) is 4.87. The number of hydrogen-bond acceptors (Lipinski definition) is 7. The number of ether oxygens (including phenoxy) is 5. The normalized spacial score (nSPS) is 20.9. The minimum absolute atomic E-state index is 0.212. The zero-order valence-corrected chi connectivity index (χ0v) is 16.4. The van der Waals surface area contributed by atoms with Gasteiger partial charge in [0.25, 0.3) is 6.29 Å². The highest BCUT2D eigenvalue weighted by Gasteiger charge is 2.33. The summed E-state index contributed by atoms with van der Waals surface area (Å²) in [4.78, 5) is 24.1. The van der Waals surface area contributed by atoms with Crippen LogP contribution >= 0.6 is 0 Å². The van der Waals surface area contributed by atoms with Crippen molar-refractivity contribution in [2.45, 2.75) is 38.9 Å². The molecule has 1 aliphatic heterocycles. The van der Waals surface area contributed by atoms with E-state index in [1.807, 2.05) is 12.1 Å². The van der Waals surface area contributed by atoms with Gasteiger partial charge < -0.3 is 23.7 Å². The number of fused-ring (bicyclic) bond motifs is 1. The van der Waals surface area contributed by atoms with Gasteiger partial charge in [0.05, 0.1) is 32.7 Å². The predicted octanol–water partition coefficient (Wildman–Crippen LogP) is 3.03. The minimum Gasteiger partial charge on any atom is -0.493 e. The number of methoxy groups -OCH3 is 2. The number of aryl methyl sites for hydroxylation is 1. The van der Waals surface area contributed by atoms with Crippen LogP contribution in [0.4, 0.5) is 0 Å². The number of benzene rings is 1. The van der Waals surface area contributed by atoms with Gasteiger partial charge in [0.15, 0.2) is 11.5 Å². The first-order valence-corrected chi connectivity index (χ1v) is 9.15. The van der Waals surface area contributed by atoms with Crippen LogP contribution in [-0.4, -0.2) is 39.1 Å². The molecule has 7 heteroatoms. The van der Waals surface area contributed by atoms with Gasteiger partial charge in [-0.3, -0.25) is 0 Å². The second-order valence-corrected chi connectivity index (χ2v) is 6.55. The van der Waals surface area contributed by atoms with Crippen LogP contribution in [0.5, 0.6) is 11.5 Å². The topological polar surface area (TPSA) is 80.3 Å². The zero-order valence-electron chi connectivity index (χ0n) is 16.4. The van der Waals surface area contributed by atoms with Gasteiger partial charge in [-0.1, -0.05) is 0 Å². The average Bonchev–Trinajstić information content (AvgIpc) is 3.23. The smallest absolute Gasteiger partial charge is 0.337 e. The Morgan fingerprint density at radius 2 is 1.96 bits per heavy atom. The summed E-state index contributed by atoms with van der Waals surface area (Å²) < 4.78 is 26.6. The van der Waals surface area contributed by atoms with E-state index in [1.54, 1.807) is 34.1 Å². The van der Waals surface area contributed by atoms with Crippen molar-refractivity contribution in [3.63, 3.8) is 0 Å². The number of carbonyl (C=O) groups excluding carboxylic acids is 2. The van der Waals surface area contributed by atoms with Crippen molar-refractivity contribution in [3.05, 3.63) is 46.7 Å². The molecule has 1 aliphatic carbocycles. The Kier molecular flexibility index (Phi) is 5.92. The van der Waals surface area contributed by atoms with E-state index in [1.165, 1.54) is 6.26 Å². The predicted molar refractivity (Wildman–Crippen MR) is 100 cm³/mol. The third-order valence-electron chi connectivity index (χ3n) is 4.87. The van der Waals surface area contributed by atoms with Crippen LogP contribution in [0.15, 0.2) is 35.6 Å². The van der Waals surface area contributed by atoms with Gasteiger partial charge in [-0.15, -0.1) is 0 Å². The molecule has 7 nitrogen and oxygen atoms in total. The molecule has 1 aromatic carbocycles. The molecule has 0 N–H and O–H groups in total. The highest BCUT2D eigenvalue weighted by molar-refractivity contribution is 5.91. The Morgan fingerprint density at radius 1 is 1.25 bits per heavy atom. The molecule has 150 valence electrons. The monoisotopic (exact) mass is 388 g/mol. The number of carbonyl (C=O) groups is 2. The lowest BCUT2D eigenvalue weighted by Gasteiger charge is -2.18. The van der Waals surface area contributed by atoms with Crippen LogP contribution in [0.25, 0.3) is 0 Å². The molecule has 1 aromatic rings. The minimum atomic E-state index is -0.844. The van der Waals surface area contributed by atoms with Crippen molar-refractivity contribution in [1.82, 2.24) is 0 Å². The summed E-state index contributed by atoms with van der Waals surface area (Å²) in [6.07, 6.45) is 3.58. The fraction of sp³-hybridized carbons (Fsp3) is 0.429. The van der Waals surface area contributed by atoms with E-state index in [0.29, 0.717) is 22.6 Å². The highest BCUT2D eigenvalue weighted by atomic mass is 16.7. The molecule has 0 saturated heterocycles. The van der Waals surface area contributed by atoms with Gasteiger partial charge in [-0.2, -0.15) is 0 Å². The summed E-state index contributed by atoms with van der Waals surface area (Å²) in [5.41, 5.74) is 2.90. The van der Waals surface area contributed by atoms with E-state index < -0.39 is 18.2 Å². The molecule has 0 spiro atoms. The summed E-state index contributed by atoms with van der Waals surface area (Å²) in [6.45, 7) is 3.64. The fourth-order valence-corrected chi connectivity index (χ4v) is 3.46. The lowest BCUT2D eigenvalue weighted by atomic mass is 9.93. The summed E-state index contributed by atoms with van der Waals surface area (Å²) in [5.74, 6) is 0.147. The van der Waals surface area contributed by atoms with E-state index in [-0.39, 0.29) is 12.5 Å². The van der Waals surface area contributed by atoms with E-state index in [0.717, 1.165) is 24.0 Å². The van der Waals surface area contributed by atoms with E-state index in [9.17, 15) is 9.59 Å². The van der Waals surface area contributed by atoms with Gasteiger partial charge in [-0.25, -0.2) is 9.59 Å². The number of esters is 2. The summed E-state index contributed by atoms with van der Waals surface area (Å²) in [7, 11) is 3.16. The molecule has 2 aliphatic rings. The molecule has 1 heterocycles. The van der Waals surface area contributed by atoms with Crippen molar-refractivity contribution >= 4 is 11.9 Å². The Hall–Kier alpha value is -2.96. The largest absolute Gasteiger partial charge is 0.493 e. The molecule has 28 heavy (non-hydrogen) atoms. The van der Waals surface area contributed by atoms with Crippen LogP contribution in [0, 0.1) is 0 Å². The molecule has 0 saturated carbocycles. The molecule has 2 atom stereocenters. The second kappa shape index (κ2) is 8.37. The maximum absolute atomic E-state index is 12.6. The highest BCUT2D eigenvalue weighted by Crippen LogP contribution is 2.44. The molecule has 2 unspecified atom stereocenters. The summed E-state index contributed by atoms with van der Waals surface area (Å²) in [5, 5.41) is 0. The molecular weight excluding hydrogens is 364 g/mol. The molecule has 0 fully saturated rings.